The molecule has 1 aromatic heterocycles. The molecule has 3 amide bonds. The van der Waals surface area contributed by atoms with Gasteiger partial charge in [-0.05, 0) is 19.8 Å². The smallest absolute Gasteiger partial charge is 0.352 e. The van der Waals surface area contributed by atoms with Crippen LogP contribution in [-0.4, -0.2) is 116 Å². The molecule has 0 radical (unpaired) electrons. The van der Waals surface area contributed by atoms with E-state index in [1.54, 1.807) is 7.05 Å². The van der Waals surface area contributed by atoms with Gasteiger partial charge in [-0.2, -0.15) is 0 Å². The molecule has 43 heavy (non-hydrogen) atoms. The summed E-state index contributed by atoms with van der Waals surface area (Å²) >= 11 is 2.38. The van der Waals surface area contributed by atoms with Crippen molar-refractivity contribution in [1.82, 2.24) is 20.5 Å². The summed E-state index contributed by atoms with van der Waals surface area (Å²) < 4.78 is 0.581. The molecule has 3 fully saturated rings. The third kappa shape index (κ3) is 5.68. The first kappa shape index (κ1) is 30.7. The number of likely N-dealkylation sites (tertiary alicyclic amines) is 1. The van der Waals surface area contributed by atoms with Crippen molar-refractivity contribution in [2.45, 2.75) is 37.3 Å². The van der Waals surface area contributed by atoms with Crippen LogP contribution >= 0.6 is 23.1 Å². The number of carboxylic acids is 2. The lowest BCUT2D eigenvalue weighted by atomic mass is 10.0. The summed E-state index contributed by atoms with van der Waals surface area (Å²) in [5, 5.41) is 29.5. The number of aromatic nitrogens is 1. The third-order valence-corrected chi connectivity index (χ3v) is 10.5. The van der Waals surface area contributed by atoms with Crippen LogP contribution in [0.1, 0.15) is 26.0 Å². The Labute approximate surface area is 255 Å². The van der Waals surface area contributed by atoms with Crippen LogP contribution in [0.5, 0.6) is 0 Å². The van der Waals surface area contributed by atoms with Crippen molar-refractivity contribution < 1.29 is 43.5 Å². The predicted molar refractivity (Wildman–Crippen MR) is 155 cm³/mol. The Morgan fingerprint density at radius 1 is 1.28 bits per heavy atom. The summed E-state index contributed by atoms with van der Waals surface area (Å²) in [5.41, 5.74) is 4.16. The average molecular weight is 637 g/mol. The van der Waals surface area contributed by atoms with Crippen LogP contribution in [0.2, 0.25) is 0 Å². The molecule has 4 aliphatic rings. The minimum atomic E-state index is -1.76. The highest BCUT2D eigenvalue weighted by Crippen LogP contribution is 2.53. The zero-order valence-corrected chi connectivity index (χ0v) is 25.7. The number of rotatable bonds is 10. The fourth-order valence-corrected chi connectivity index (χ4v) is 8.01. The number of amides is 3. The number of carboxylic acid groups (broad SMARTS) is 2. The van der Waals surface area contributed by atoms with Crippen molar-refractivity contribution in [3.8, 4) is 0 Å². The highest BCUT2D eigenvalue weighted by atomic mass is 32.2. The van der Waals surface area contributed by atoms with Gasteiger partial charge in [0.1, 0.15) is 29.4 Å². The fraction of sp³-hybridized carbons (Fsp3) is 0.577. The van der Waals surface area contributed by atoms with E-state index in [-0.39, 0.29) is 40.0 Å². The van der Waals surface area contributed by atoms with E-state index in [4.69, 9.17) is 10.6 Å². The Balaban J connectivity index is 1.31. The number of hydrogen-bond donors (Lipinski definition) is 5. The number of thioether (sulfide) groups is 1. The lowest BCUT2D eigenvalue weighted by Gasteiger charge is -2.50. The molecule has 2 saturated heterocycles. The Morgan fingerprint density at radius 2 is 2.00 bits per heavy atom. The maximum Gasteiger partial charge on any atom is 0.352 e. The van der Waals surface area contributed by atoms with Crippen LogP contribution in [0, 0.1) is 17.8 Å². The molecule has 4 unspecified atom stereocenters. The van der Waals surface area contributed by atoms with E-state index >= 15 is 0 Å². The summed E-state index contributed by atoms with van der Waals surface area (Å²) in [6.07, 6.45) is 0.878. The van der Waals surface area contributed by atoms with E-state index < -0.39 is 40.8 Å². The predicted octanol–water partition coefficient (Wildman–Crippen LogP) is -0.494. The quantitative estimate of drug-likeness (QED) is 0.0956. The van der Waals surface area contributed by atoms with Crippen LogP contribution in [0.15, 0.2) is 21.8 Å². The van der Waals surface area contributed by atoms with Gasteiger partial charge in [-0.3, -0.25) is 19.3 Å². The van der Waals surface area contributed by atoms with E-state index in [2.05, 4.69) is 27.8 Å². The second-order valence-corrected chi connectivity index (χ2v) is 14.0. The van der Waals surface area contributed by atoms with Gasteiger partial charge in [0, 0.05) is 42.0 Å². The summed E-state index contributed by atoms with van der Waals surface area (Å²) in [5.74, 6) is -2.96. The van der Waals surface area contributed by atoms with Gasteiger partial charge in [0.15, 0.2) is 10.8 Å². The monoisotopic (exact) mass is 636 g/mol. The number of hydrogen-bond acceptors (Lipinski definition) is 11. The minimum absolute atomic E-state index is 0.000865. The fourth-order valence-electron chi connectivity index (χ4n) is 6.12. The number of fused-ring (bicyclic) bond motifs is 2. The molecule has 17 heteroatoms. The molecule has 6 atom stereocenters. The summed E-state index contributed by atoms with van der Waals surface area (Å²) in [4.78, 5) is 73.1. The lowest BCUT2D eigenvalue weighted by molar-refractivity contribution is -0.910. The number of thiazole rings is 1. The molecule has 1 aliphatic carbocycles. The molecule has 3 aliphatic heterocycles. The normalized spacial score (nSPS) is 30.0. The number of carbonyl (C=O) groups excluding carboxylic acids is 3. The number of nitrogens with one attached hydrogen (secondary N) is 2. The number of oxime groups is 1. The zero-order chi connectivity index (χ0) is 31.4. The molecular weight excluding hydrogens is 602 g/mol. The number of quaternary nitrogens is 1. The van der Waals surface area contributed by atoms with Crippen LogP contribution in [-0.2, 0) is 28.8 Å². The minimum Gasteiger partial charge on any atom is -0.478 e. The first-order chi connectivity index (χ1) is 20.2. The van der Waals surface area contributed by atoms with Crippen molar-refractivity contribution in [3.05, 3.63) is 22.3 Å². The number of carbonyl (C=O) groups is 5. The van der Waals surface area contributed by atoms with Crippen LogP contribution in [0.25, 0.3) is 0 Å². The van der Waals surface area contributed by atoms with E-state index in [1.165, 1.54) is 35.9 Å². The van der Waals surface area contributed by atoms with Gasteiger partial charge in [-0.1, -0.05) is 5.16 Å². The topological polar surface area (TPSA) is 214 Å². The lowest BCUT2D eigenvalue weighted by Crippen LogP contribution is -2.71. The third-order valence-electron chi connectivity index (χ3n) is 8.50. The largest absolute Gasteiger partial charge is 0.478 e. The second kappa shape index (κ2) is 11.1. The molecule has 6 N–H and O–H groups in total. The number of aliphatic carboxylic acids is 2. The first-order valence-corrected chi connectivity index (χ1v) is 15.6. The average Bonchev–Trinajstić information content (AvgIpc) is 3.48. The Morgan fingerprint density at radius 3 is 2.60 bits per heavy atom. The number of piperidine rings is 1. The Kier molecular flexibility index (Phi) is 7.93. The maximum atomic E-state index is 13.3. The number of nitrogen functional groups attached to an aromatic ring is 1. The van der Waals surface area contributed by atoms with E-state index in [0.717, 1.165) is 30.8 Å². The second-order valence-electron chi connectivity index (χ2n) is 12.0. The van der Waals surface area contributed by atoms with Crippen molar-refractivity contribution in [2.24, 2.45) is 22.9 Å². The number of nitrogens with two attached hydrogens (primary N) is 1. The van der Waals surface area contributed by atoms with Gasteiger partial charge in [-0.15, -0.1) is 23.1 Å². The Bertz CT molecular complexity index is 1460. The standard InChI is InChI=1S/C26H33N7O8S2/c1-26(2,24(39)40)41-31-16(14-10-43-25(27)29-14)20(35)30-17-21(36)32-18(23(37)38)11(9-42-22(17)32)7-33(4)6-5-12-13(8-33)15(12)19(34)28-3/h10,12-13,15,17,22H,5-9H2,1-4H3,(H5-,27,28,29,30,34,35,37,38,39,40)/p+1/b31-16-/t12?,13?,15?,17-,22+,33?/m1/s1. The maximum absolute atomic E-state index is 13.3. The van der Waals surface area contributed by atoms with E-state index in [0.29, 0.717) is 28.3 Å². The molecule has 0 aromatic carbocycles. The molecule has 1 saturated carbocycles. The number of likely N-dealkylation sites (N-methyl/N-ethyl adjacent to an activating group) is 1. The zero-order valence-electron chi connectivity index (χ0n) is 24.0. The van der Waals surface area contributed by atoms with E-state index in [9.17, 15) is 34.2 Å². The highest BCUT2D eigenvalue weighted by molar-refractivity contribution is 8.00. The Hall–Kier alpha value is -3.70. The summed E-state index contributed by atoms with van der Waals surface area (Å²) in [7, 11) is 3.69. The summed E-state index contributed by atoms with van der Waals surface area (Å²) in [6, 6.07) is -1.05. The molecule has 0 spiro atoms. The van der Waals surface area contributed by atoms with Crippen molar-refractivity contribution in [2.75, 3.05) is 45.2 Å². The van der Waals surface area contributed by atoms with Crippen molar-refractivity contribution in [3.63, 3.8) is 0 Å². The van der Waals surface area contributed by atoms with Gasteiger partial charge in [0.25, 0.3) is 11.8 Å². The van der Waals surface area contributed by atoms with Gasteiger partial charge in [0.05, 0.1) is 20.1 Å². The molecule has 0 bridgehead atoms. The molecule has 15 nitrogen and oxygen atoms in total. The summed E-state index contributed by atoms with van der Waals surface area (Å²) in [6.45, 7) is 4.50. The molecular formula is C26H34N7O8S2+. The molecule has 4 heterocycles. The molecule has 1 aromatic rings. The number of nitrogens with zero attached hydrogens (tertiary/aromatic N) is 4. The highest BCUT2D eigenvalue weighted by Gasteiger charge is 2.61. The van der Waals surface area contributed by atoms with Gasteiger partial charge < -0.3 is 35.9 Å². The van der Waals surface area contributed by atoms with Crippen molar-refractivity contribution in [1.29, 1.82) is 0 Å². The SMILES string of the molecule is CNC(=O)C1C2CC[N+](C)(CC3=C(C(=O)O)N4C(=O)[C@@H](NC(=O)/C(=N\OC(C)(C)C(=O)O)c5csc(N)n5)[C@@H]4SC3)CC21. The van der Waals surface area contributed by atoms with Gasteiger partial charge >= 0.3 is 11.9 Å². The van der Waals surface area contributed by atoms with E-state index in [1.807, 2.05) is 0 Å². The van der Waals surface area contributed by atoms with Crippen molar-refractivity contribution >= 4 is 63.6 Å². The molecule has 232 valence electrons. The molecule has 5 rings (SSSR count). The van der Waals surface area contributed by atoms with Crippen LogP contribution < -0.4 is 16.4 Å². The first-order valence-electron chi connectivity index (χ1n) is 13.6. The van der Waals surface area contributed by atoms with Crippen LogP contribution in [0.4, 0.5) is 5.13 Å². The van der Waals surface area contributed by atoms with Gasteiger partial charge in [-0.25, -0.2) is 14.6 Å². The van der Waals surface area contributed by atoms with Gasteiger partial charge in [0.2, 0.25) is 11.5 Å². The number of β-lactam (4-membered cyclic amide) rings is 1. The van der Waals surface area contributed by atoms with Crippen LogP contribution in [0.3, 0.4) is 0 Å². The number of anilines is 1.